The van der Waals surface area contributed by atoms with E-state index in [0.717, 1.165) is 12.8 Å². The van der Waals surface area contributed by atoms with Gasteiger partial charge in [0.15, 0.2) is 9.03 Å². The van der Waals surface area contributed by atoms with Gasteiger partial charge in [-0.2, -0.15) is 0 Å². The van der Waals surface area contributed by atoms with Gasteiger partial charge in [0, 0.05) is 6.04 Å². The van der Waals surface area contributed by atoms with Crippen LogP contribution in [0.4, 0.5) is 0 Å². The zero-order valence-electron chi connectivity index (χ0n) is 8.20. The molecule has 4 atom stereocenters. The Hall–Kier alpha value is 0.310. The summed E-state index contributed by atoms with van der Waals surface area (Å²) >= 11 is 0. The molecule has 3 N–H and O–H groups in total. The molecule has 0 radical (unpaired) electrons. The highest BCUT2D eigenvalue weighted by Gasteiger charge is 2.26. The van der Waals surface area contributed by atoms with E-state index in [1.807, 2.05) is 6.92 Å². The fourth-order valence-corrected chi connectivity index (χ4v) is 2.59. The Bertz CT molecular complexity index is 142. The molecule has 0 aromatic carbocycles. The Balaban J connectivity index is 2.36. The zero-order valence-corrected chi connectivity index (χ0v) is 9.20. The maximum Gasteiger partial charge on any atom is 0.152 e. The third-order valence-corrected chi connectivity index (χ3v) is 3.13. The maximum absolute atomic E-state index is 8.74. The van der Waals surface area contributed by atoms with E-state index in [-0.39, 0.29) is 21.2 Å². The van der Waals surface area contributed by atoms with Crippen LogP contribution < -0.4 is 5.73 Å². The molecule has 0 saturated heterocycles. The third-order valence-electron chi connectivity index (χ3n) is 2.72. The normalized spacial score (nSPS) is 32.5. The minimum Gasteiger partial charge on any atom is -0.352 e. The monoisotopic (exact) mass is 205 g/mol. The molecule has 0 aromatic heterocycles. The maximum atomic E-state index is 8.74. The Labute approximate surface area is 82.0 Å². The Morgan fingerprint density at radius 2 is 2.23 bits per heavy atom. The number of hydrogen-bond donors (Lipinski definition) is 2. The first kappa shape index (κ1) is 11.4. The van der Waals surface area contributed by atoms with Crippen LogP contribution in [0.5, 0.6) is 0 Å². The summed E-state index contributed by atoms with van der Waals surface area (Å²) in [6.07, 6.45) is 6.08. The molecule has 0 bridgehead atoms. The Morgan fingerprint density at radius 1 is 1.54 bits per heavy atom. The van der Waals surface area contributed by atoms with Crippen molar-refractivity contribution in [3.05, 3.63) is 0 Å². The summed E-state index contributed by atoms with van der Waals surface area (Å²) in [5, 5.41) is 0. The SMILES string of the molecule is CC(N)CC1CCCCC1OPO. The highest BCUT2D eigenvalue weighted by atomic mass is 31.1. The lowest BCUT2D eigenvalue weighted by atomic mass is 9.83. The summed E-state index contributed by atoms with van der Waals surface area (Å²) in [7, 11) is -0.370. The molecule has 78 valence electrons. The van der Waals surface area contributed by atoms with E-state index in [9.17, 15) is 0 Å². The molecular formula is C9H20NO2P. The highest BCUT2D eigenvalue weighted by Crippen LogP contribution is 2.32. The summed E-state index contributed by atoms with van der Waals surface area (Å²) in [6, 6.07) is 0.247. The highest BCUT2D eigenvalue weighted by molar-refractivity contribution is 7.25. The van der Waals surface area contributed by atoms with Gasteiger partial charge >= 0.3 is 0 Å². The van der Waals surface area contributed by atoms with Gasteiger partial charge in [0.1, 0.15) is 0 Å². The lowest BCUT2D eigenvalue weighted by Crippen LogP contribution is -2.31. The van der Waals surface area contributed by atoms with E-state index in [2.05, 4.69) is 0 Å². The second kappa shape index (κ2) is 5.92. The summed E-state index contributed by atoms with van der Waals surface area (Å²) in [5.74, 6) is 0.563. The predicted octanol–water partition coefficient (Wildman–Crippen LogP) is 1.80. The van der Waals surface area contributed by atoms with Crippen LogP contribution in [0.25, 0.3) is 0 Å². The zero-order chi connectivity index (χ0) is 9.68. The lowest BCUT2D eigenvalue weighted by molar-refractivity contribution is 0.0916. The van der Waals surface area contributed by atoms with Crippen LogP contribution in [0.15, 0.2) is 0 Å². The predicted molar refractivity (Wildman–Crippen MR) is 55.6 cm³/mol. The smallest absolute Gasteiger partial charge is 0.152 e. The van der Waals surface area contributed by atoms with E-state index < -0.39 is 0 Å². The average Bonchev–Trinajstić information content (AvgIpc) is 2.08. The van der Waals surface area contributed by atoms with Gasteiger partial charge in [0.05, 0.1) is 6.10 Å². The van der Waals surface area contributed by atoms with E-state index >= 15 is 0 Å². The van der Waals surface area contributed by atoms with Gasteiger partial charge in [-0.3, -0.25) is 0 Å². The van der Waals surface area contributed by atoms with Gasteiger partial charge in [0.25, 0.3) is 0 Å². The summed E-state index contributed by atoms with van der Waals surface area (Å²) in [6.45, 7) is 2.03. The number of rotatable bonds is 4. The second-order valence-electron chi connectivity index (χ2n) is 4.01. The van der Waals surface area contributed by atoms with Crippen LogP contribution in [0.2, 0.25) is 0 Å². The van der Waals surface area contributed by atoms with Crippen molar-refractivity contribution in [2.75, 3.05) is 0 Å². The molecule has 1 aliphatic rings. The van der Waals surface area contributed by atoms with E-state index in [1.54, 1.807) is 0 Å². The molecule has 1 aliphatic carbocycles. The molecule has 0 spiro atoms. The summed E-state index contributed by atoms with van der Waals surface area (Å²) < 4.78 is 5.32. The van der Waals surface area contributed by atoms with E-state index in [0.29, 0.717) is 5.92 Å². The molecule has 3 nitrogen and oxygen atoms in total. The van der Waals surface area contributed by atoms with Gasteiger partial charge in [-0.05, 0) is 32.1 Å². The van der Waals surface area contributed by atoms with Crippen molar-refractivity contribution in [2.24, 2.45) is 11.7 Å². The first-order valence-electron chi connectivity index (χ1n) is 5.04. The molecule has 0 aromatic rings. The van der Waals surface area contributed by atoms with Crippen LogP contribution in [0, 0.1) is 5.92 Å². The van der Waals surface area contributed by atoms with Crippen molar-refractivity contribution in [2.45, 2.75) is 51.2 Å². The first-order chi connectivity index (χ1) is 6.24. The Morgan fingerprint density at radius 3 is 2.85 bits per heavy atom. The summed E-state index contributed by atoms with van der Waals surface area (Å²) in [5.41, 5.74) is 5.77. The van der Waals surface area contributed by atoms with Gasteiger partial charge in [-0.25, -0.2) is 0 Å². The minimum absolute atomic E-state index is 0.247. The first-order valence-corrected chi connectivity index (χ1v) is 5.90. The number of hydrogen-bond acceptors (Lipinski definition) is 3. The fraction of sp³-hybridized carbons (Fsp3) is 1.00. The van der Waals surface area contributed by atoms with Crippen LogP contribution >= 0.6 is 9.03 Å². The molecule has 0 amide bonds. The van der Waals surface area contributed by atoms with Crippen LogP contribution in [-0.2, 0) is 4.52 Å². The quantitative estimate of drug-likeness (QED) is 0.688. The van der Waals surface area contributed by atoms with Gasteiger partial charge in [-0.15, -0.1) is 0 Å². The molecule has 4 unspecified atom stereocenters. The molecule has 1 rings (SSSR count). The van der Waals surface area contributed by atoms with E-state index in [4.69, 9.17) is 15.2 Å². The average molecular weight is 205 g/mol. The largest absolute Gasteiger partial charge is 0.352 e. The molecular weight excluding hydrogens is 185 g/mol. The van der Waals surface area contributed by atoms with Crippen molar-refractivity contribution < 1.29 is 9.42 Å². The molecule has 0 heterocycles. The van der Waals surface area contributed by atoms with Crippen LogP contribution in [0.3, 0.4) is 0 Å². The molecule has 1 fully saturated rings. The lowest BCUT2D eigenvalue weighted by Gasteiger charge is -2.31. The van der Waals surface area contributed by atoms with Gasteiger partial charge < -0.3 is 15.2 Å². The van der Waals surface area contributed by atoms with Crippen molar-refractivity contribution in [1.82, 2.24) is 0 Å². The van der Waals surface area contributed by atoms with Crippen molar-refractivity contribution >= 4 is 9.03 Å². The minimum atomic E-state index is -0.370. The molecule has 13 heavy (non-hydrogen) atoms. The molecule has 0 aliphatic heterocycles. The third kappa shape index (κ3) is 3.90. The summed E-state index contributed by atoms with van der Waals surface area (Å²) in [4.78, 5) is 8.74. The standard InChI is InChI=1S/C9H20NO2P/c1-7(10)6-8-4-2-3-5-9(8)12-13-11/h7-9,11,13H,2-6,10H2,1H3. The molecule has 1 saturated carbocycles. The Kier molecular flexibility index (Phi) is 5.18. The topological polar surface area (TPSA) is 55.5 Å². The van der Waals surface area contributed by atoms with Crippen molar-refractivity contribution in [3.8, 4) is 0 Å². The number of nitrogens with two attached hydrogens (primary N) is 1. The van der Waals surface area contributed by atoms with Gasteiger partial charge in [0.2, 0.25) is 0 Å². The second-order valence-corrected chi connectivity index (χ2v) is 4.42. The van der Waals surface area contributed by atoms with E-state index in [1.165, 1.54) is 19.3 Å². The van der Waals surface area contributed by atoms with Crippen molar-refractivity contribution in [3.63, 3.8) is 0 Å². The van der Waals surface area contributed by atoms with Crippen LogP contribution in [-0.4, -0.2) is 17.0 Å². The fourth-order valence-electron chi connectivity index (χ4n) is 2.14. The van der Waals surface area contributed by atoms with Crippen molar-refractivity contribution in [1.29, 1.82) is 0 Å². The van der Waals surface area contributed by atoms with Crippen LogP contribution in [0.1, 0.15) is 39.0 Å². The van der Waals surface area contributed by atoms with Gasteiger partial charge in [-0.1, -0.05) is 12.8 Å². The molecule has 4 heteroatoms.